The monoisotopic (exact) mass is 269 g/mol. The van der Waals surface area contributed by atoms with E-state index in [1.165, 1.54) is 12.8 Å². The summed E-state index contributed by atoms with van der Waals surface area (Å²) >= 11 is 0. The van der Waals surface area contributed by atoms with Crippen LogP contribution < -0.4 is 5.32 Å². The fourth-order valence-electron chi connectivity index (χ4n) is 2.87. The summed E-state index contributed by atoms with van der Waals surface area (Å²) in [5.74, 6) is 0.484. The van der Waals surface area contributed by atoms with Gasteiger partial charge in [0.1, 0.15) is 0 Å². The Morgan fingerprint density at radius 3 is 2.26 bits per heavy atom. The van der Waals surface area contributed by atoms with Crippen LogP contribution in [0.15, 0.2) is 0 Å². The summed E-state index contributed by atoms with van der Waals surface area (Å²) in [6.45, 7) is 11.5. The molecule has 3 nitrogen and oxygen atoms in total. The van der Waals surface area contributed by atoms with Gasteiger partial charge in [-0.05, 0) is 31.1 Å². The van der Waals surface area contributed by atoms with Gasteiger partial charge in [0.25, 0.3) is 0 Å². The summed E-state index contributed by atoms with van der Waals surface area (Å²) in [5, 5.41) is 3.13. The number of carbonyl (C=O) groups is 1. The van der Waals surface area contributed by atoms with Gasteiger partial charge in [0.15, 0.2) is 0 Å². The predicted octanol–water partition coefficient (Wildman–Crippen LogP) is 4.51. The van der Waals surface area contributed by atoms with Crippen molar-refractivity contribution in [2.24, 2.45) is 11.3 Å². The average molecular weight is 269 g/mol. The third kappa shape index (κ3) is 4.12. The first-order chi connectivity index (χ1) is 8.84. The Morgan fingerprint density at radius 1 is 1.16 bits per heavy atom. The van der Waals surface area contributed by atoms with Gasteiger partial charge < -0.3 is 10.1 Å². The largest absolute Gasteiger partial charge is 0.449 e. The van der Waals surface area contributed by atoms with E-state index in [0.717, 1.165) is 25.7 Å². The molecule has 0 saturated heterocycles. The van der Waals surface area contributed by atoms with Crippen LogP contribution in [-0.4, -0.2) is 18.2 Å². The quantitative estimate of drug-likeness (QED) is 0.797. The standard InChI is InChI=1S/C16H31NO2/c1-6-13(7-2)12-19-14(18)17-16(5)11-9-8-10-15(16,3)4/h13H,6-12H2,1-5H3,(H,17,18). The molecule has 1 fully saturated rings. The fourth-order valence-corrected chi connectivity index (χ4v) is 2.87. The number of alkyl carbamates (subject to hydrolysis) is 1. The summed E-state index contributed by atoms with van der Waals surface area (Å²) in [7, 11) is 0. The number of rotatable bonds is 5. The molecule has 1 unspecified atom stereocenters. The van der Waals surface area contributed by atoms with Crippen molar-refractivity contribution >= 4 is 6.09 Å². The predicted molar refractivity (Wildman–Crippen MR) is 79.2 cm³/mol. The number of carbonyl (C=O) groups excluding carboxylic acids is 1. The molecule has 0 heterocycles. The second kappa shape index (κ2) is 6.62. The van der Waals surface area contributed by atoms with E-state index in [1.54, 1.807) is 0 Å². The molecule has 3 heteroatoms. The number of nitrogens with one attached hydrogen (secondary N) is 1. The molecule has 0 aromatic rings. The summed E-state index contributed by atoms with van der Waals surface area (Å²) in [4.78, 5) is 12.0. The maximum absolute atomic E-state index is 12.0. The summed E-state index contributed by atoms with van der Waals surface area (Å²) in [6.07, 6.45) is 6.53. The fraction of sp³-hybridized carbons (Fsp3) is 0.938. The number of hydrogen-bond donors (Lipinski definition) is 1. The van der Waals surface area contributed by atoms with Crippen LogP contribution in [0.4, 0.5) is 4.79 Å². The third-order valence-electron chi connectivity index (χ3n) is 5.21. The third-order valence-corrected chi connectivity index (χ3v) is 5.21. The molecule has 0 spiro atoms. The number of hydrogen-bond acceptors (Lipinski definition) is 2. The molecule has 0 aromatic carbocycles. The van der Waals surface area contributed by atoms with E-state index in [-0.39, 0.29) is 17.0 Å². The van der Waals surface area contributed by atoms with Crippen molar-refractivity contribution < 1.29 is 9.53 Å². The highest BCUT2D eigenvalue weighted by molar-refractivity contribution is 5.68. The Labute approximate surface area is 118 Å². The Balaban J connectivity index is 2.50. The van der Waals surface area contributed by atoms with Gasteiger partial charge in [0.05, 0.1) is 6.61 Å². The minimum atomic E-state index is -0.246. The lowest BCUT2D eigenvalue weighted by molar-refractivity contribution is 0.0583. The van der Waals surface area contributed by atoms with Gasteiger partial charge >= 0.3 is 6.09 Å². The van der Waals surface area contributed by atoms with Crippen LogP contribution in [0, 0.1) is 11.3 Å². The summed E-state index contributed by atoms with van der Waals surface area (Å²) in [6, 6.07) is 0. The molecule has 1 N–H and O–H groups in total. The van der Waals surface area contributed by atoms with E-state index in [0.29, 0.717) is 12.5 Å². The Hall–Kier alpha value is -0.730. The van der Waals surface area contributed by atoms with E-state index in [4.69, 9.17) is 4.74 Å². The first-order valence-corrected chi connectivity index (χ1v) is 7.79. The average Bonchev–Trinajstić information content (AvgIpc) is 2.34. The molecule has 1 aliphatic rings. The van der Waals surface area contributed by atoms with Crippen LogP contribution >= 0.6 is 0 Å². The molecule has 1 atom stereocenters. The summed E-state index contributed by atoms with van der Waals surface area (Å²) in [5.41, 5.74) is -0.00452. The van der Waals surface area contributed by atoms with Gasteiger partial charge in [-0.25, -0.2) is 4.79 Å². The van der Waals surface area contributed by atoms with Gasteiger partial charge in [-0.3, -0.25) is 0 Å². The molecule has 0 radical (unpaired) electrons. The highest BCUT2D eigenvalue weighted by Gasteiger charge is 2.44. The molecule has 0 aromatic heterocycles. The Kier molecular flexibility index (Phi) is 5.69. The van der Waals surface area contributed by atoms with Gasteiger partial charge in [0.2, 0.25) is 0 Å². The SMILES string of the molecule is CCC(CC)COC(=O)NC1(C)CCCCC1(C)C. The van der Waals surface area contributed by atoms with Crippen molar-refractivity contribution in [1.29, 1.82) is 0 Å². The van der Waals surface area contributed by atoms with Crippen molar-refractivity contribution in [2.75, 3.05) is 6.61 Å². The summed E-state index contributed by atoms with van der Waals surface area (Å²) < 4.78 is 5.40. The zero-order chi connectivity index (χ0) is 14.5. The molecule has 0 bridgehead atoms. The molecule has 0 aliphatic heterocycles. The van der Waals surface area contributed by atoms with Crippen LogP contribution in [0.25, 0.3) is 0 Å². The molecule has 1 rings (SSSR count). The van der Waals surface area contributed by atoms with Crippen LogP contribution in [0.5, 0.6) is 0 Å². The van der Waals surface area contributed by atoms with Crippen LogP contribution in [0.3, 0.4) is 0 Å². The van der Waals surface area contributed by atoms with Crippen molar-refractivity contribution in [3.05, 3.63) is 0 Å². The van der Waals surface area contributed by atoms with E-state index in [2.05, 4.69) is 39.9 Å². The van der Waals surface area contributed by atoms with Crippen molar-refractivity contribution in [2.45, 2.75) is 78.7 Å². The molecular formula is C16H31NO2. The van der Waals surface area contributed by atoms with Gasteiger partial charge in [0, 0.05) is 5.54 Å². The molecule has 1 amide bonds. The molecule has 19 heavy (non-hydrogen) atoms. The first-order valence-electron chi connectivity index (χ1n) is 7.79. The van der Waals surface area contributed by atoms with Crippen molar-refractivity contribution in [3.63, 3.8) is 0 Å². The van der Waals surface area contributed by atoms with E-state index in [9.17, 15) is 4.79 Å². The smallest absolute Gasteiger partial charge is 0.407 e. The Morgan fingerprint density at radius 2 is 1.74 bits per heavy atom. The zero-order valence-corrected chi connectivity index (χ0v) is 13.3. The highest BCUT2D eigenvalue weighted by atomic mass is 16.5. The number of ether oxygens (including phenoxy) is 1. The van der Waals surface area contributed by atoms with Crippen molar-refractivity contribution in [3.8, 4) is 0 Å². The Bertz CT molecular complexity index is 297. The number of amides is 1. The van der Waals surface area contributed by atoms with E-state index < -0.39 is 0 Å². The van der Waals surface area contributed by atoms with E-state index >= 15 is 0 Å². The zero-order valence-electron chi connectivity index (χ0n) is 13.3. The topological polar surface area (TPSA) is 38.3 Å². The van der Waals surface area contributed by atoms with Gasteiger partial charge in [-0.1, -0.05) is 53.4 Å². The lowest BCUT2D eigenvalue weighted by Crippen LogP contribution is -2.57. The van der Waals surface area contributed by atoms with Crippen LogP contribution in [0.2, 0.25) is 0 Å². The van der Waals surface area contributed by atoms with Gasteiger partial charge in [-0.2, -0.15) is 0 Å². The minimum absolute atomic E-state index is 0.138. The molecule has 1 saturated carbocycles. The van der Waals surface area contributed by atoms with E-state index in [1.807, 2.05) is 0 Å². The van der Waals surface area contributed by atoms with Crippen LogP contribution in [0.1, 0.15) is 73.1 Å². The van der Waals surface area contributed by atoms with Crippen molar-refractivity contribution in [1.82, 2.24) is 5.32 Å². The minimum Gasteiger partial charge on any atom is -0.449 e. The molecule has 112 valence electrons. The second-order valence-electron chi connectivity index (χ2n) is 6.83. The van der Waals surface area contributed by atoms with Gasteiger partial charge in [-0.15, -0.1) is 0 Å². The maximum atomic E-state index is 12.0. The highest BCUT2D eigenvalue weighted by Crippen LogP contribution is 2.43. The lowest BCUT2D eigenvalue weighted by Gasteiger charge is -2.48. The second-order valence-corrected chi connectivity index (χ2v) is 6.83. The normalized spacial score (nSPS) is 26.2. The molecular weight excluding hydrogens is 238 g/mol. The first kappa shape index (κ1) is 16.3. The maximum Gasteiger partial charge on any atom is 0.407 e. The molecule has 1 aliphatic carbocycles. The van der Waals surface area contributed by atoms with Crippen LogP contribution in [-0.2, 0) is 4.74 Å². The lowest BCUT2D eigenvalue weighted by atomic mass is 9.64.